The number of thiophene rings is 1. The predicted octanol–water partition coefficient (Wildman–Crippen LogP) is 3.28. The summed E-state index contributed by atoms with van der Waals surface area (Å²) in [6.45, 7) is 6.95. The van der Waals surface area contributed by atoms with Crippen LogP contribution in [0.3, 0.4) is 0 Å². The lowest BCUT2D eigenvalue weighted by atomic mass is 10.0. The van der Waals surface area contributed by atoms with Crippen LogP contribution in [0.15, 0.2) is 41.8 Å². The van der Waals surface area contributed by atoms with Gasteiger partial charge < -0.3 is 10.2 Å². The average molecular weight is 413 g/mol. The van der Waals surface area contributed by atoms with Crippen molar-refractivity contribution in [3.63, 3.8) is 0 Å². The zero-order chi connectivity index (χ0) is 21.3. The highest BCUT2D eigenvalue weighted by molar-refractivity contribution is 7.12. The van der Waals surface area contributed by atoms with Gasteiger partial charge in [0.25, 0.3) is 11.8 Å². The van der Waals surface area contributed by atoms with Gasteiger partial charge in [-0.15, -0.1) is 11.3 Å². The van der Waals surface area contributed by atoms with Crippen molar-refractivity contribution in [3.05, 3.63) is 46.7 Å². The fourth-order valence-corrected chi connectivity index (χ4v) is 4.08. The first-order valence-corrected chi connectivity index (χ1v) is 10.1. The molecule has 1 atom stereocenters. The van der Waals surface area contributed by atoms with Gasteiger partial charge in [0.05, 0.1) is 17.0 Å². The third-order valence-corrected chi connectivity index (χ3v) is 5.41. The molecule has 1 N–H and O–H groups in total. The van der Waals surface area contributed by atoms with Crippen molar-refractivity contribution in [3.8, 4) is 0 Å². The molecule has 1 aliphatic rings. The maximum absolute atomic E-state index is 13.2. The van der Waals surface area contributed by atoms with Crippen LogP contribution < -0.4 is 10.2 Å². The van der Waals surface area contributed by atoms with E-state index in [1.165, 1.54) is 23.2 Å². The first-order valence-electron chi connectivity index (χ1n) is 9.21. The SMILES string of the molecule is CC(=O)Nc1ccc(N2C(=O)CC(N(C(=O)c3cccs3)C(C)(C)C)C2=O)cc1. The van der Waals surface area contributed by atoms with Crippen LogP contribution in [0.5, 0.6) is 0 Å². The standard InChI is InChI=1S/C21H23N3O4S/c1-13(25)22-14-7-9-15(10-8-14)23-18(26)12-16(19(23)27)24(21(2,3)4)20(28)17-6-5-11-29-17/h5-11,16H,12H2,1-4H3,(H,22,25). The summed E-state index contributed by atoms with van der Waals surface area (Å²) in [5, 5.41) is 4.45. The van der Waals surface area contributed by atoms with Crippen LogP contribution in [-0.4, -0.2) is 40.1 Å². The maximum atomic E-state index is 13.2. The van der Waals surface area contributed by atoms with E-state index in [-0.39, 0.29) is 24.1 Å². The van der Waals surface area contributed by atoms with Gasteiger partial charge in [-0.3, -0.25) is 19.2 Å². The molecule has 152 valence electrons. The van der Waals surface area contributed by atoms with Gasteiger partial charge in [0, 0.05) is 18.2 Å². The lowest BCUT2D eigenvalue weighted by molar-refractivity contribution is -0.123. The van der Waals surface area contributed by atoms with E-state index in [1.54, 1.807) is 41.8 Å². The average Bonchev–Trinajstić information content (AvgIpc) is 3.24. The number of carbonyl (C=O) groups excluding carboxylic acids is 4. The highest BCUT2D eigenvalue weighted by Gasteiger charge is 2.47. The molecule has 1 aliphatic heterocycles. The van der Waals surface area contributed by atoms with E-state index in [1.807, 2.05) is 20.8 Å². The number of carbonyl (C=O) groups is 4. The molecular formula is C21H23N3O4S. The van der Waals surface area contributed by atoms with Crippen molar-refractivity contribution in [1.29, 1.82) is 0 Å². The Morgan fingerprint density at radius 3 is 2.31 bits per heavy atom. The summed E-state index contributed by atoms with van der Waals surface area (Å²) in [6.07, 6.45) is -0.0688. The van der Waals surface area contributed by atoms with Crippen molar-refractivity contribution >= 4 is 46.3 Å². The molecule has 4 amide bonds. The van der Waals surface area contributed by atoms with Crippen molar-refractivity contribution in [2.45, 2.75) is 45.7 Å². The summed E-state index contributed by atoms with van der Waals surface area (Å²) >= 11 is 1.30. The molecule has 0 aliphatic carbocycles. The van der Waals surface area contributed by atoms with Gasteiger partial charge in [-0.05, 0) is 56.5 Å². The van der Waals surface area contributed by atoms with Crippen LogP contribution in [0.2, 0.25) is 0 Å². The smallest absolute Gasteiger partial charge is 0.265 e. The molecule has 29 heavy (non-hydrogen) atoms. The summed E-state index contributed by atoms with van der Waals surface area (Å²) in [5.41, 5.74) is 0.336. The van der Waals surface area contributed by atoms with Gasteiger partial charge in [0.2, 0.25) is 11.8 Å². The second kappa shape index (κ2) is 7.79. The zero-order valence-electron chi connectivity index (χ0n) is 16.8. The number of nitrogens with one attached hydrogen (secondary N) is 1. The molecule has 1 unspecified atom stereocenters. The quantitative estimate of drug-likeness (QED) is 0.780. The Hall–Kier alpha value is -3.00. The normalized spacial score (nSPS) is 16.8. The van der Waals surface area contributed by atoms with Crippen molar-refractivity contribution < 1.29 is 19.2 Å². The Morgan fingerprint density at radius 1 is 1.14 bits per heavy atom. The van der Waals surface area contributed by atoms with Crippen molar-refractivity contribution in [2.75, 3.05) is 10.2 Å². The van der Waals surface area contributed by atoms with Gasteiger partial charge in [0.15, 0.2) is 0 Å². The topological polar surface area (TPSA) is 86.8 Å². The second-order valence-electron chi connectivity index (χ2n) is 7.84. The van der Waals surface area contributed by atoms with E-state index in [2.05, 4.69) is 5.32 Å². The third-order valence-electron chi connectivity index (χ3n) is 4.55. The minimum Gasteiger partial charge on any atom is -0.326 e. The molecule has 2 heterocycles. The van der Waals surface area contributed by atoms with E-state index < -0.39 is 17.5 Å². The number of anilines is 2. The Bertz CT molecular complexity index is 945. The van der Waals surface area contributed by atoms with Crippen molar-refractivity contribution in [2.24, 2.45) is 0 Å². The number of amides is 4. The minimum atomic E-state index is -0.868. The molecular weight excluding hydrogens is 390 g/mol. The second-order valence-corrected chi connectivity index (χ2v) is 8.79. The summed E-state index contributed by atoms with van der Waals surface area (Å²) in [5.74, 6) is -1.26. The molecule has 3 rings (SSSR count). The number of hydrogen-bond acceptors (Lipinski definition) is 5. The molecule has 1 aromatic heterocycles. The fraction of sp³-hybridized carbons (Fsp3) is 0.333. The number of rotatable bonds is 4. The van der Waals surface area contributed by atoms with Crippen LogP contribution in [0, 0.1) is 0 Å². The van der Waals surface area contributed by atoms with Gasteiger partial charge in [-0.1, -0.05) is 6.07 Å². The summed E-state index contributed by atoms with van der Waals surface area (Å²) < 4.78 is 0. The zero-order valence-corrected chi connectivity index (χ0v) is 17.6. The van der Waals surface area contributed by atoms with Crippen LogP contribution in [0.1, 0.15) is 43.8 Å². The number of imide groups is 1. The van der Waals surface area contributed by atoms with Crippen LogP contribution in [0.25, 0.3) is 0 Å². The first kappa shape index (κ1) is 20.7. The molecule has 1 saturated heterocycles. The highest BCUT2D eigenvalue weighted by Crippen LogP contribution is 2.32. The molecule has 1 aromatic carbocycles. The van der Waals surface area contributed by atoms with Crippen LogP contribution >= 0.6 is 11.3 Å². The predicted molar refractivity (Wildman–Crippen MR) is 112 cm³/mol. The monoisotopic (exact) mass is 413 g/mol. The van der Waals surface area contributed by atoms with Gasteiger partial charge in [-0.25, -0.2) is 4.90 Å². The summed E-state index contributed by atoms with van der Waals surface area (Å²) in [4.78, 5) is 53.3. The lowest BCUT2D eigenvalue weighted by Crippen LogP contribution is -2.54. The highest BCUT2D eigenvalue weighted by atomic mass is 32.1. The Kier molecular flexibility index (Phi) is 5.57. The molecule has 0 spiro atoms. The first-order chi connectivity index (χ1) is 13.6. The lowest BCUT2D eigenvalue weighted by Gasteiger charge is -2.38. The fourth-order valence-electron chi connectivity index (χ4n) is 3.42. The van der Waals surface area contributed by atoms with Gasteiger partial charge in [-0.2, -0.15) is 0 Å². The number of benzene rings is 1. The van der Waals surface area contributed by atoms with Crippen LogP contribution in [0.4, 0.5) is 11.4 Å². The van der Waals surface area contributed by atoms with E-state index in [9.17, 15) is 19.2 Å². The molecule has 0 radical (unpaired) electrons. The van der Waals surface area contributed by atoms with E-state index in [0.717, 1.165) is 4.90 Å². The molecule has 0 bridgehead atoms. The third kappa shape index (κ3) is 4.22. The Morgan fingerprint density at radius 2 is 1.79 bits per heavy atom. The molecule has 7 nitrogen and oxygen atoms in total. The molecule has 2 aromatic rings. The van der Waals surface area contributed by atoms with E-state index in [0.29, 0.717) is 16.3 Å². The molecule has 0 saturated carbocycles. The Balaban J connectivity index is 1.90. The molecule has 1 fully saturated rings. The minimum absolute atomic E-state index is 0.0688. The summed E-state index contributed by atoms with van der Waals surface area (Å²) in [6, 6.07) is 9.09. The summed E-state index contributed by atoms with van der Waals surface area (Å²) in [7, 11) is 0. The largest absolute Gasteiger partial charge is 0.326 e. The van der Waals surface area contributed by atoms with E-state index >= 15 is 0 Å². The maximum Gasteiger partial charge on any atom is 0.265 e. The van der Waals surface area contributed by atoms with Crippen LogP contribution in [-0.2, 0) is 14.4 Å². The molecule has 8 heteroatoms. The number of nitrogens with zero attached hydrogens (tertiary/aromatic N) is 2. The van der Waals surface area contributed by atoms with Gasteiger partial charge >= 0.3 is 0 Å². The number of hydrogen-bond donors (Lipinski definition) is 1. The van der Waals surface area contributed by atoms with Crippen molar-refractivity contribution in [1.82, 2.24) is 4.90 Å². The Labute approximate surface area is 173 Å². The van der Waals surface area contributed by atoms with Gasteiger partial charge in [0.1, 0.15) is 6.04 Å². The van der Waals surface area contributed by atoms with E-state index in [4.69, 9.17) is 0 Å².